The summed E-state index contributed by atoms with van der Waals surface area (Å²) in [6.45, 7) is 0. The number of hydrogen-bond donors (Lipinski definition) is 2. The van der Waals surface area contributed by atoms with Crippen LogP contribution in [0.3, 0.4) is 0 Å². The second-order valence-electron chi connectivity index (χ2n) is 6.31. The fourth-order valence-electron chi connectivity index (χ4n) is 3.41. The van der Waals surface area contributed by atoms with E-state index in [2.05, 4.69) is 10.3 Å². The van der Waals surface area contributed by atoms with Crippen LogP contribution in [-0.2, 0) is 0 Å². The summed E-state index contributed by atoms with van der Waals surface area (Å²) in [5.41, 5.74) is 0.790. The quantitative estimate of drug-likeness (QED) is 0.638. The monoisotopic (exact) mass is 393 g/mol. The van der Waals surface area contributed by atoms with Gasteiger partial charge >= 0.3 is 0 Å². The number of nitrogens with zero attached hydrogens (tertiary/aromatic N) is 1. The van der Waals surface area contributed by atoms with Crippen molar-refractivity contribution in [3.63, 3.8) is 0 Å². The van der Waals surface area contributed by atoms with Crippen molar-refractivity contribution in [3.05, 3.63) is 42.4 Å². The van der Waals surface area contributed by atoms with E-state index in [4.69, 9.17) is 23.8 Å². The van der Waals surface area contributed by atoms with Gasteiger partial charge in [0, 0.05) is 11.1 Å². The lowest BCUT2D eigenvalue weighted by molar-refractivity contribution is 0.0933. The molecule has 1 aliphatic carbocycles. The number of rotatable bonds is 2. The molecule has 2 aromatic heterocycles. The molecule has 2 N–H and O–H groups in total. The van der Waals surface area contributed by atoms with Crippen LogP contribution in [0.4, 0.5) is 0 Å². The van der Waals surface area contributed by atoms with Gasteiger partial charge in [-0.3, -0.25) is 14.0 Å². The molecule has 1 saturated carbocycles. The van der Waals surface area contributed by atoms with Crippen LogP contribution >= 0.6 is 35.2 Å². The molecule has 0 bridgehead atoms. The van der Waals surface area contributed by atoms with Crippen LogP contribution < -0.4 is 10.9 Å². The van der Waals surface area contributed by atoms with E-state index in [-0.39, 0.29) is 17.5 Å². The summed E-state index contributed by atoms with van der Waals surface area (Å²) >= 11 is 12.7. The van der Waals surface area contributed by atoms with Crippen molar-refractivity contribution in [1.29, 1.82) is 0 Å². The second kappa shape index (κ2) is 6.55. The minimum Gasteiger partial charge on any atom is -0.348 e. The summed E-state index contributed by atoms with van der Waals surface area (Å²) in [7, 11) is 0. The Morgan fingerprint density at radius 3 is 2.84 bits per heavy atom. The Morgan fingerprint density at radius 1 is 1.32 bits per heavy atom. The molecule has 130 valence electrons. The molecule has 1 aromatic carbocycles. The molecule has 0 aliphatic heterocycles. The van der Waals surface area contributed by atoms with Crippen molar-refractivity contribution >= 4 is 57.6 Å². The number of halogens is 1. The van der Waals surface area contributed by atoms with Crippen molar-refractivity contribution in [2.45, 2.75) is 38.1 Å². The van der Waals surface area contributed by atoms with Gasteiger partial charge in [-0.25, -0.2) is 0 Å². The minimum absolute atomic E-state index is 0.178. The van der Waals surface area contributed by atoms with E-state index < -0.39 is 0 Å². The molecule has 1 amide bonds. The highest BCUT2D eigenvalue weighted by Crippen LogP contribution is 2.25. The van der Waals surface area contributed by atoms with Crippen molar-refractivity contribution < 1.29 is 4.79 Å². The molecular formula is C17H16ClN3O2S2. The third-order valence-electron chi connectivity index (χ3n) is 4.63. The molecule has 4 rings (SSSR count). The molecule has 8 heteroatoms. The summed E-state index contributed by atoms with van der Waals surface area (Å²) < 4.78 is 2.23. The lowest BCUT2D eigenvalue weighted by Crippen LogP contribution is -2.36. The van der Waals surface area contributed by atoms with Crippen LogP contribution in [0.25, 0.3) is 16.6 Å². The molecule has 0 unspecified atom stereocenters. The molecule has 0 saturated heterocycles. The van der Waals surface area contributed by atoms with E-state index in [1.165, 1.54) is 17.8 Å². The zero-order valence-electron chi connectivity index (χ0n) is 13.3. The van der Waals surface area contributed by atoms with Crippen molar-refractivity contribution in [3.8, 4) is 0 Å². The number of amides is 1. The third-order valence-corrected chi connectivity index (χ3v) is 6.24. The van der Waals surface area contributed by atoms with Gasteiger partial charge in [0.2, 0.25) is 0 Å². The average molecular weight is 394 g/mol. The SMILES string of the molecule is O=C(NC1CCCCC1)c1sc(=S)n2c1[nH]c(=O)c1ccc(Cl)cc12. The van der Waals surface area contributed by atoms with Crippen LogP contribution in [0.5, 0.6) is 0 Å². The number of aromatic nitrogens is 2. The van der Waals surface area contributed by atoms with Gasteiger partial charge in [-0.2, -0.15) is 0 Å². The maximum absolute atomic E-state index is 12.7. The highest BCUT2D eigenvalue weighted by atomic mass is 35.5. The lowest BCUT2D eigenvalue weighted by Gasteiger charge is -2.22. The van der Waals surface area contributed by atoms with Gasteiger partial charge in [0.25, 0.3) is 11.5 Å². The van der Waals surface area contributed by atoms with Crippen LogP contribution in [0.15, 0.2) is 23.0 Å². The number of thiazole rings is 1. The van der Waals surface area contributed by atoms with E-state index in [0.717, 1.165) is 25.7 Å². The van der Waals surface area contributed by atoms with Crippen molar-refractivity contribution in [1.82, 2.24) is 14.7 Å². The zero-order valence-corrected chi connectivity index (χ0v) is 15.7. The largest absolute Gasteiger partial charge is 0.348 e. The number of H-pyrrole nitrogens is 1. The van der Waals surface area contributed by atoms with Crippen LogP contribution in [0, 0.1) is 3.95 Å². The van der Waals surface area contributed by atoms with Gasteiger partial charge in [-0.1, -0.05) is 42.2 Å². The van der Waals surface area contributed by atoms with Gasteiger partial charge in [0.05, 0.1) is 10.9 Å². The Hall–Kier alpha value is -1.70. The maximum atomic E-state index is 12.7. The first-order valence-electron chi connectivity index (χ1n) is 8.22. The molecule has 0 atom stereocenters. The number of nitrogens with one attached hydrogen (secondary N) is 2. The smallest absolute Gasteiger partial charge is 0.265 e. The minimum atomic E-state index is -0.258. The highest BCUT2D eigenvalue weighted by molar-refractivity contribution is 7.73. The number of hydrogen-bond acceptors (Lipinski definition) is 4. The van der Waals surface area contributed by atoms with Gasteiger partial charge in [-0.15, -0.1) is 0 Å². The first-order valence-corrected chi connectivity index (χ1v) is 9.83. The Morgan fingerprint density at radius 2 is 2.08 bits per heavy atom. The van der Waals surface area contributed by atoms with Gasteiger partial charge in [0.15, 0.2) is 3.95 Å². The fraction of sp³-hybridized carbons (Fsp3) is 0.353. The molecule has 5 nitrogen and oxygen atoms in total. The van der Waals surface area contributed by atoms with E-state index in [9.17, 15) is 9.59 Å². The summed E-state index contributed by atoms with van der Waals surface area (Å²) in [6, 6.07) is 5.22. The van der Waals surface area contributed by atoms with Gasteiger partial charge in [0.1, 0.15) is 10.5 Å². The lowest BCUT2D eigenvalue weighted by atomic mass is 9.95. The van der Waals surface area contributed by atoms with Crippen molar-refractivity contribution in [2.75, 3.05) is 0 Å². The number of carbonyl (C=O) groups is 1. The van der Waals surface area contributed by atoms with Crippen LogP contribution in [-0.4, -0.2) is 21.3 Å². The number of aromatic amines is 1. The number of carbonyl (C=O) groups excluding carboxylic acids is 1. The van der Waals surface area contributed by atoms with Gasteiger partial charge in [-0.05, 0) is 43.3 Å². The summed E-state index contributed by atoms with van der Waals surface area (Å²) in [6.07, 6.45) is 5.49. The Balaban J connectivity index is 1.85. The fourth-order valence-corrected chi connectivity index (χ4v) is 4.87. The standard InChI is InChI=1S/C17H16ClN3O2S2/c18-9-6-7-11-12(8-9)21-14(20-15(11)22)13(25-17(21)24)16(23)19-10-4-2-1-3-5-10/h6-8,10H,1-5H2,(H,19,23)(H,20,22). The second-order valence-corrected chi connectivity index (χ2v) is 8.39. The van der Waals surface area contributed by atoms with E-state index in [0.29, 0.717) is 30.4 Å². The molecule has 0 spiro atoms. The molecule has 1 aliphatic rings. The van der Waals surface area contributed by atoms with E-state index in [1.807, 2.05) is 0 Å². The Bertz CT molecular complexity index is 1090. The molecule has 3 aromatic rings. The van der Waals surface area contributed by atoms with Crippen LogP contribution in [0.2, 0.25) is 5.02 Å². The first kappa shape index (κ1) is 16.8. The van der Waals surface area contributed by atoms with Crippen molar-refractivity contribution in [2.24, 2.45) is 0 Å². The van der Waals surface area contributed by atoms with Gasteiger partial charge < -0.3 is 10.3 Å². The average Bonchev–Trinajstić information content (AvgIpc) is 2.92. The normalized spacial score (nSPS) is 15.7. The Kier molecular flexibility index (Phi) is 4.39. The predicted molar refractivity (Wildman–Crippen MR) is 104 cm³/mol. The molecule has 25 heavy (non-hydrogen) atoms. The zero-order chi connectivity index (χ0) is 17.6. The summed E-state index contributed by atoms with van der Waals surface area (Å²) in [5, 5.41) is 4.09. The predicted octanol–water partition coefficient (Wildman–Crippen LogP) is 4.29. The molecule has 0 radical (unpaired) electrons. The topological polar surface area (TPSA) is 66.4 Å². The first-order chi connectivity index (χ1) is 12.0. The van der Waals surface area contributed by atoms with Crippen LogP contribution in [0.1, 0.15) is 41.8 Å². The summed E-state index contributed by atoms with van der Waals surface area (Å²) in [5.74, 6) is -0.178. The van der Waals surface area contributed by atoms with E-state index >= 15 is 0 Å². The van der Waals surface area contributed by atoms with E-state index in [1.54, 1.807) is 22.6 Å². The highest BCUT2D eigenvalue weighted by Gasteiger charge is 2.21. The maximum Gasteiger partial charge on any atom is 0.265 e. The molecule has 1 fully saturated rings. The molecule has 2 heterocycles. The number of benzene rings is 1. The third kappa shape index (κ3) is 3.01. The number of fused-ring (bicyclic) bond motifs is 3. The summed E-state index contributed by atoms with van der Waals surface area (Å²) in [4.78, 5) is 28.4. The molecular weight excluding hydrogens is 378 g/mol. The Labute approximate surface area is 157 Å².